The zero-order chi connectivity index (χ0) is 17.3. The highest BCUT2D eigenvalue weighted by molar-refractivity contribution is 6.09. The van der Waals surface area contributed by atoms with Crippen molar-refractivity contribution in [2.45, 2.75) is 57.5 Å². The molecule has 2 aliphatic heterocycles. The highest BCUT2D eigenvalue weighted by atomic mass is 16.5. The van der Waals surface area contributed by atoms with Crippen LogP contribution in [0.15, 0.2) is 0 Å². The molecule has 3 aliphatic rings. The van der Waals surface area contributed by atoms with Crippen molar-refractivity contribution in [3.63, 3.8) is 0 Å². The van der Waals surface area contributed by atoms with E-state index in [0.717, 1.165) is 30.6 Å². The summed E-state index contributed by atoms with van der Waals surface area (Å²) in [5.41, 5.74) is -0.801. The average molecular weight is 337 g/mol. The number of nitrogens with one attached hydrogen (secondary N) is 1. The topological polar surface area (TPSA) is 79.0 Å². The number of imide groups is 1. The molecule has 7 heteroatoms. The second kappa shape index (κ2) is 6.70. The summed E-state index contributed by atoms with van der Waals surface area (Å²) in [5.74, 6) is -0.293. The molecule has 3 rings (SSSR count). The Morgan fingerprint density at radius 2 is 2.17 bits per heavy atom. The molecule has 3 unspecified atom stereocenters. The number of carbonyl (C=O) groups is 3. The smallest absolute Gasteiger partial charge is 0.325 e. The molecule has 7 nitrogen and oxygen atoms in total. The van der Waals surface area contributed by atoms with Crippen LogP contribution in [0.25, 0.3) is 0 Å². The lowest BCUT2D eigenvalue weighted by molar-refractivity contribution is -0.145. The molecule has 1 N–H and O–H groups in total. The minimum Gasteiger partial charge on any atom is -0.377 e. The molecule has 3 fully saturated rings. The van der Waals surface area contributed by atoms with Crippen LogP contribution >= 0.6 is 0 Å². The van der Waals surface area contributed by atoms with E-state index >= 15 is 0 Å². The average Bonchev–Trinajstić information content (AvgIpc) is 2.82. The van der Waals surface area contributed by atoms with Gasteiger partial charge < -0.3 is 15.0 Å². The number of nitrogens with zero attached hydrogens (tertiary/aromatic N) is 2. The van der Waals surface area contributed by atoms with Gasteiger partial charge in [0.1, 0.15) is 12.1 Å². The molecule has 2 heterocycles. The summed E-state index contributed by atoms with van der Waals surface area (Å²) in [6.45, 7) is 5.38. The van der Waals surface area contributed by atoms with E-state index in [1.807, 2.05) is 13.8 Å². The van der Waals surface area contributed by atoms with E-state index in [2.05, 4.69) is 5.32 Å². The summed E-state index contributed by atoms with van der Waals surface area (Å²) >= 11 is 0. The van der Waals surface area contributed by atoms with Crippen LogP contribution in [0.1, 0.15) is 46.0 Å². The van der Waals surface area contributed by atoms with Gasteiger partial charge in [-0.1, -0.05) is 26.7 Å². The van der Waals surface area contributed by atoms with Gasteiger partial charge in [-0.25, -0.2) is 4.79 Å². The molecule has 0 radical (unpaired) electrons. The van der Waals surface area contributed by atoms with E-state index in [1.54, 1.807) is 4.90 Å². The highest BCUT2D eigenvalue weighted by Crippen LogP contribution is 2.38. The Kier molecular flexibility index (Phi) is 4.80. The van der Waals surface area contributed by atoms with E-state index in [0.29, 0.717) is 26.2 Å². The number of rotatable bonds is 3. The third-order valence-corrected chi connectivity index (χ3v) is 5.81. The van der Waals surface area contributed by atoms with Crippen molar-refractivity contribution < 1.29 is 19.1 Å². The molecule has 2 saturated heterocycles. The fourth-order valence-electron chi connectivity index (χ4n) is 4.19. The van der Waals surface area contributed by atoms with Gasteiger partial charge in [0.25, 0.3) is 5.91 Å². The first kappa shape index (κ1) is 17.2. The molecule has 1 aliphatic carbocycles. The fourth-order valence-corrected chi connectivity index (χ4v) is 4.19. The van der Waals surface area contributed by atoms with Gasteiger partial charge in [-0.15, -0.1) is 0 Å². The predicted octanol–water partition coefficient (Wildman–Crippen LogP) is 1.12. The minimum atomic E-state index is -0.801. The van der Waals surface area contributed by atoms with E-state index in [1.165, 1.54) is 0 Å². The van der Waals surface area contributed by atoms with Crippen molar-refractivity contribution >= 4 is 17.8 Å². The first-order valence-electron chi connectivity index (χ1n) is 9.01. The summed E-state index contributed by atoms with van der Waals surface area (Å²) in [6.07, 6.45) is 4.40. The molecule has 0 aromatic rings. The van der Waals surface area contributed by atoms with Crippen LogP contribution < -0.4 is 5.32 Å². The minimum absolute atomic E-state index is 0.0228. The Morgan fingerprint density at radius 1 is 1.38 bits per heavy atom. The van der Waals surface area contributed by atoms with Gasteiger partial charge in [0.15, 0.2) is 0 Å². The third-order valence-electron chi connectivity index (χ3n) is 5.81. The molecule has 134 valence electrons. The maximum Gasteiger partial charge on any atom is 0.325 e. The molecule has 0 aromatic heterocycles. The van der Waals surface area contributed by atoms with Gasteiger partial charge in [0.05, 0.1) is 19.3 Å². The van der Waals surface area contributed by atoms with E-state index in [-0.39, 0.29) is 30.3 Å². The summed E-state index contributed by atoms with van der Waals surface area (Å²) in [6, 6.07) is -0.405. The van der Waals surface area contributed by atoms with Gasteiger partial charge in [-0.3, -0.25) is 14.5 Å². The fraction of sp³-hybridized carbons (Fsp3) is 0.824. The van der Waals surface area contributed by atoms with Crippen LogP contribution in [-0.4, -0.2) is 65.5 Å². The van der Waals surface area contributed by atoms with Crippen molar-refractivity contribution in [1.29, 1.82) is 0 Å². The number of morpholine rings is 1. The third kappa shape index (κ3) is 2.79. The largest absolute Gasteiger partial charge is 0.377 e. The Bertz CT molecular complexity index is 538. The molecule has 1 saturated carbocycles. The van der Waals surface area contributed by atoms with Crippen molar-refractivity contribution in [3.05, 3.63) is 0 Å². The van der Waals surface area contributed by atoms with Crippen molar-refractivity contribution in [3.8, 4) is 0 Å². The zero-order valence-electron chi connectivity index (χ0n) is 14.5. The van der Waals surface area contributed by atoms with Crippen LogP contribution in [0.4, 0.5) is 4.79 Å². The highest BCUT2D eigenvalue weighted by Gasteiger charge is 2.55. The standard InChI is InChI=1S/C17H27N3O4/c1-3-13-11-24-9-8-19(13)14(21)10-20-15(22)17(18-16(20)23)7-5-4-6-12(17)2/h12-13H,3-11H2,1-2H3,(H,18,23). The zero-order valence-corrected chi connectivity index (χ0v) is 14.5. The van der Waals surface area contributed by atoms with E-state index in [4.69, 9.17) is 4.74 Å². The first-order chi connectivity index (χ1) is 11.5. The Balaban J connectivity index is 1.72. The Morgan fingerprint density at radius 3 is 2.88 bits per heavy atom. The summed E-state index contributed by atoms with van der Waals surface area (Å²) in [4.78, 5) is 40.8. The lowest BCUT2D eigenvalue weighted by Gasteiger charge is -2.37. The molecular weight excluding hydrogens is 310 g/mol. The number of ether oxygens (including phenoxy) is 1. The molecule has 24 heavy (non-hydrogen) atoms. The van der Waals surface area contributed by atoms with Crippen LogP contribution in [-0.2, 0) is 14.3 Å². The number of hydrogen-bond acceptors (Lipinski definition) is 4. The lowest BCUT2D eigenvalue weighted by Crippen LogP contribution is -2.55. The number of carbonyl (C=O) groups excluding carboxylic acids is 3. The van der Waals surface area contributed by atoms with Gasteiger partial charge in [-0.05, 0) is 25.2 Å². The molecular formula is C17H27N3O4. The van der Waals surface area contributed by atoms with Gasteiger partial charge in [0, 0.05) is 6.54 Å². The maximum atomic E-state index is 12.9. The molecule has 1 spiro atoms. The van der Waals surface area contributed by atoms with Gasteiger partial charge in [0.2, 0.25) is 5.91 Å². The second-order valence-corrected chi connectivity index (χ2v) is 7.16. The normalized spacial score (nSPS) is 33.9. The molecule has 4 amide bonds. The van der Waals surface area contributed by atoms with Crippen LogP contribution in [0.3, 0.4) is 0 Å². The van der Waals surface area contributed by atoms with Gasteiger partial charge >= 0.3 is 6.03 Å². The number of urea groups is 1. The van der Waals surface area contributed by atoms with Crippen LogP contribution in [0.5, 0.6) is 0 Å². The quantitative estimate of drug-likeness (QED) is 0.783. The molecule has 0 bridgehead atoms. The van der Waals surface area contributed by atoms with Crippen LogP contribution in [0.2, 0.25) is 0 Å². The van der Waals surface area contributed by atoms with Crippen LogP contribution in [0, 0.1) is 5.92 Å². The lowest BCUT2D eigenvalue weighted by atomic mass is 9.73. The second-order valence-electron chi connectivity index (χ2n) is 7.16. The van der Waals surface area contributed by atoms with Gasteiger partial charge in [-0.2, -0.15) is 0 Å². The van der Waals surface area contributed by atoms with E-state index in [9.17, 15) is 14.4 Å². The van der Waals surface area contributed by atoms with Crippen molar-refractivity contribution in [1.82, 2.24) is 15.1 Å². The number of amides is 4. The molecule has 3 atom stereocenters. The first-order valence-corrected chi connectivity index (χ1v) is 9.01. The Labute approximate surface area is 142 Å². The van der Waals surface area contributed by atoms with Crippen molar-refractivity contribution in [2.24, 2.45) is 5.92 Å². The Hall–Kier alpha value is -1.63. The predicted molar refractivity (Wildman–Crippen MR) is 87.2 cm³/mol. The van der Waals surface area contributed by atoms with E-state index < -0.39 is 11.6 Å². The molecule has 0 aromatic carbocycles. The SMILES string of the molecule is CCC1COCCN1C(=O)CN1C(=O)NC2(CCCCC2C)C1=O. The summed E-state index contributed by atoms with van der Waals surface area (Å²) in [7, 11) is 0. The van der Waals surface area contributed by atoms with Crippen molar-refractivity contribution in [2.75, 3.05) is 26.3 Å². The maximum absolute atomic E-state index is 12.9. The monoisotopic (exact) mass is 337 g/mol. The number of hydrogen-bond donors (Lipinski definition) is 1. The summed E-state index contributed by atoms with van der Waals surface area (Å²) < 4.78 is 5.42. The summed E-state index contributed by atoms with van der Waals surface area (Å²) in [5, 5.41) is 2.89.